The molecule has 1 rings (SSSR count). The maximum atomic E-state index is 9.02. The van der Waals surface area contributed by atoms with Gasteiger partial charge in [0.2, 0.25) is 0 Å². The highest BCUT2D eigenvalue weighted by molar-refractivity contribution is 6.28. The molecule has 0 fully saturated rings. The van der Waals surface area contributed by atoms with Crippen molar-refractivity contribution in [1.29, 1.82) is 0 Å². The minimum Gasteiger partial charge on any atom is -0.448 e. The zero-order chi connectivity index (χ0) is 12.2. The van der Waals surface area contributed by atoms with Gasteiger partial charge in [0.05, 0.1) is 13.2 Å². The summed E-state index contributed by atoms with van der Waals surface area (Å²) in [6.07, 6.45) is 0. The van der Waals surface area contributed by atoms with Gasteiger partial charge in [-0.05, 0) is 29.1 Å². The summed E-state index contributed by atoms with van der Waals surface area (Å²) >= 11 is 5.72. The second-order valence-corrected chi connectivity index (χ2v) is 5.57. The summed E-state index contributed by atoms with van der Waals surface area (Å²) in [7, 11) is 0. The Bertz CT molecular complexity index is 317. The van der Waals surface area contributed by atoms with Crippen LogP contribution in [0.25, 0.3) is 0 Å². The number of rotatable bonds is 5. The molecule has 1 aromatic rings. The number of halogens is 1. The standard InChI is InChI=1S/C12H20ClNO2/c1-12(2,3)9-14(6-7-15)8-10-4-5-11(13)16-10/h4-5,15H,6-9H2,1-3H3. The summed E-state index contributed by atoms with van der Waals surface area (Å²) in [5.41, 5.74) is 0.200. The Morgan fingerprint density at radius 2 is 2.06 bits per heavy atom. The summed E-state index contributed by atoms with van der Waals surface area (Å²) in [5.74, 6) is 0.836. The predicted octanol–water partition coefficient (Wildman–Crippen LogP) is 2.77. The Morgan fingerprint density at radius 1 is 1.38 bits per heavy atom. The molecule has 0 amide bonds. The SMILES string of the molecule is CC(C)(C)CN(CCO)Cc1ccc(Cl)o1. The van der Waals surface area contributed by atoms with Crippen molar-refractivity contribution < 1.29 is 9.52 Å². The third-order valence-corrected chi connectivity index (χ3v) is 2.33. The number of hydrogen-bond acceptors (Lipinski definition) is 3. The summed E-state index contributed by atoms with van der Waals surface area (Å²) in [6, 6.07) is 3.61. The van der Waals surface area contributed by atoms with Gasteiger partial charge in [-0.3, -0.25) is 4.90 Å². The molecule has 0 saturated heterocycles. The fraction of sp³-hybridized carbons (Fsp3) is 0.667. The van der Waals surface area contributed by atoms with Gasteiger partial charge in [-0.25, -0.2) is 0 Å². The van der Waals surface area contributed by atoms with Gasteiger partial charge in [0.1, 0.15) is 5.76 Å². The zero-order valence-corrected chi connectivity index (χ0v) is 10.9. The average Bonchev–Trinajstić information content (AvgIpc) is 2.48. The molecule has 0 unspecified atom stereocenters. The van der Waals surface area contributed by atoms with Crippen LogP contribution in [0.1, 0.15) is 26.5 Å². The van der Waals surface area contributed by atoms with Crippen molar-refractivity contribution in [2.45, 2.75) is 27.3 Å². The quantitative estimate of drug-likeness (QED) is 0.867. The molecule has 0 saturated carbocycles. The van der Waals surface area contributed by atoms with Crippen LogP contribution in [0, 0.1) is 5.41 Å². The van der Waals surface area contributed by atoms with Crippen LogP contribution in [-0.4, -0.2) is 29.7 Å². The third kappa shape index (κ3) is 5.01. The second kappa shape index (κ2) is 5.71. The molecule has 92 valence electrons. The lowest BCUT2D eigenvalue weighted by Crippen LogP contribution is -2.34. The Labute approximate surface area is 102 Å². The first kappa shape index (κ1) is 13.6. The van der Waals surface area contributed by atoms with E-state index in [1.54, 1.807) is 6.07 Å². The molecular formula is C12H20ClNO2. The fourth-order valence-corrected chi connectivity index (χ4v) is 1.85. The lowest BCUT2D eigenvalue weighted by molar-refractivity contribution is 0.138. The molecule has 3 nitrogen and oxygen atoms in total. The minimum atomic E-state index is 0.157. The topological polar surface area (TPSA) is 36.6 Å². The first-order chi connectivity index (χ1) is 7.40. The van der Waals surface area contributed by atoms with Crippen molar-refractivity contribution in [3.63, 3.8) is 0 Å². The monoisotopic (exact) mass is 245 g/mol. The molecule has 0 spiro atoms. The van der Waals surface area contributed by atoms with Crippen molar-refractivity contribution in [2.24, 2.45) is 5.41 Å². The maximum Gasteiger partial charge on any atom is 0.193 e. The molecule has 16 heavy (non-hydrogen) atoms. The van der Waals surface area contributed by atoms with Gasteiger partial charge in [0, 0.05) is 13.1 Å². The van der Waals surface area contributed by atoms with Gasteiger partial charge in [-0.15, -0.1) is 0 Å². The highest BCUT2D eigenvalue weighted by atomic mass is 35.5. The molecule has 4 heteroatoms. The summed E-state index contributed by atoms with van der Waals surface area (Å²) in [5, 5.41) is 9.43. The van der Waals surface area contributed by atoms with E-state index in [-0.39, 0.29) is 12.0 Å². The van der Waals surface area contributed by atoms with Crippen LogP contribution in [0.5, 0.6) is 0 Å². The van der Waals surface area contributed by atoms with Crippen molar-refractivity contribution in [1.82, 2.24) is 4.90 Å². The van der Waals surface area contributed by atoms with E-state index < -0.39 is 0 Å². The van der Waals surface area contributed by atoms with Crippen molar-refractivity contribution in [2.75, 3.05) is 19.7 Å². The molecule has 0 atom stereocenters. The normalized spacial score (nSPS) is 12.4. The predicted molar refractivity (Wildman–Crippen MR) is 65.5 cm³/mol. The third-order valence-electron chi connectivity index (χ3n) is 2.12. The van der Waals surface area contributed by atoms with Gasteiger partial charge in [-0.1, -0.05) is 20.8 Å². The van der Waals surface area contributed by atoms with E-state index >= 15 is 0 Å². The van der Waals surface area contributed by atoms with Crippen LogP contribution in [-0.2, 0) is 6.54 Å². The number of nitrogens with zero attached hydrogens (tertiary/aromatic N) is 1. The Balaban J connectivity index is 2.57. The van der Waals surface area contributed by atoms with Crippen LogP contribution >= 0.6 is 11.6 Å². The molecule has 1 heterocycles. The molecule has 1 N–H and O–H groups in total. The molecular weight excluding hydrogens is 226 g/mol. The number of furan rings is 1. The number of hydrogen-bond donors (Lipinski definition) is 1. The van der Waals surface area contributed by atoms with E-state index in [2.05, 4.69) is 25.7 Å². The van der Waals surface area contributed by atoms with Crippen molar-refractivity contribution >= 4 is 11.6 Å². The van der Waals surface area contributed by atoms with Gasteiger partial charge in [0.15, 0.2) is 5.22 Å². The number of aliphatic hydroxyl groups is 1. The first-order valence-electron chi connectivity index (χ1n) is 5.48. The number of aliphatic hydroxyl groups excluding tert-OH is 1. The van der Waals surface area contributed by atoms with E-state index in [9.17, 15) is 0 Å². The average molecular weight is 246 g/mol. The van der Waals surface area contributed by atoms with Crippen LogP contribution in [0.4, 0.5) is 0 Å². The maximum absolute atomic E-state index is 9.02. The van der Waals surface area contributed by atoms with Crippen LogP contribution in [0.3, 0.4) is 0 Å². The highest BCUT2D eigenvalue weighted by Gasteiger charge is 2.17. The van der Waals surface area contributed by atoms with Gasteiger partial charge in [0.25, 0.3) is 0 Å². The highest BCUT2D eigenvalue weighted by Crippen LogP contribution is 2.19. The van der Waals surface area contributed by atoms with E-state index in [0.717, 1.165) is 12.3 Å². The van der Waals surface area contributed by atoms with E-state index in [1.165, 1.54) is 0 Å². The smallest absolute Gasteiger partial charge is 0.193 e. The Kier molecular flexibility index (Phi) is 4.84. The minimum absolute atomic E-state index is 0.157. The molecule has 0 aliphatic heterocycles. The Morgan fingerprint density at radius 3 is 2.50 bits per heavy atom. The van der Waals surface area contributed by atoms with E-state index in [4.69, 9.17) is 21.1 Å². The lowest BCUT2D eigenvalue weighted by Gasteiger charge is -2.28. The van der Waals surface area contributed by atoms with Gasteiger partial charge in [-0.2, -0.15) is 0 Å². The summed E-state index contributed by atoms with van der Waals surface area (Å²) in [6.45, 7) is 8.92. The zero-order valence-electron chi connectivity index (χ0n) is 10.2. The van der Waals surface area contributed by atoms with E-state index in [0.29, 0.717) is 18.3 Å². The second-order valence-electron chi connectivity index (χ2n) is 5.20. The molecule has 0 aliphatic rings. The molecule has 1 aromatic heterocycles. The van der Waals surface area contributed by atoms with Crippen LogP contribution in [0.15, 0.2) is 16.5 Å². The van der Waals surface area contributed by atoms with E-state index in [1.807, 2.05) is 6.07 Å². The lowest BCUT2D eigenvalue weighted by atomic mass is 9.96. The summed E-state index contributed by atoms with van der Waals surface area (Å²) in [4.78, 5) is 2.16. The molecule has 0 aliphatic carbocycles. The van der Waals surface area contributed by atoms with Gasteiger partial charge >= 0.3 is 0 Å². The van der Waals surface area contributed by atoms with Crippen LogP contribution in [0.2, 0.25) is 5.22 Å². The Hall–Kier alpha value is -0.510. The van der Waals surface area contributed by atoms with Crippen molar-refractivity contribution in [3.05, 3.63) is 23.1 Å². The fourth-order valence-electron chi connectivity index (χ4n) is 1.68. The van der Waals surface area contributed by atoms with Gasteiger partial charge < -0.3 is 9.52 Å². The largest absolute Gasteiger partial charge is 0.448 e. The van der Waals surface area contributed by atoms with Crippen molar-refractivity contribution in [3.8, 4) is 0 Å². The molecule has 0 radical (unpaired) electrons. The molecule has 0 aromatic carbocycles. The first-order valence-corrected chi connectivity index (χ1v) is 5.86. The van der Waals surface area contributed by atoms with Crippen LogP contribution < -0.4 is 0 Å². The summed E-state index contributed by atoms with van der Waals surface area (Å²) < 4.78 is 5.32. The molecule has 0 bridgehead atoms.